The Hall–Kier alpha value is -2.26. The van der Waals surface area contributed by atoms with Crippen molar-refractivity contribution in [2.45, 2.75) is 31.3 Å². The van der Waals surface area contributed by atoms with Crippen LogP contribution in [0.5, 0.6) is 0 Å². The molecule has 3 heterocycles. The maximum atomic E-state index is 12.9. The van der Waals surface area contributed by atoms with Crippen LogP contribution in [0.4, 0.5) is 5.69 Å². The van der Waals surface area contributed by atoms with E-state index in [0.717, 1.165) is 17.1 Å². The van der Waals surface area contributed by atoms with Crippen molar-refractivity contribution >= 4 is 21.6 Å². The number of carbonyl (C=O) groups is 1. The first kappa shape index (κ1) is 15.3. The predicted octanol–water partition coefficient (Wildman–Crippen LogP) is 0.310. The molecule has 1 aromatic carbocycles. The summed E-state index contributed by atoms with van der Waals surface area (Å²) in [4.78, 5) is 13.6. The lowest BCUT2D eigenvalue weighted by atomic mass is 10.2. The summed E-state index contributed by atoms with van der Waals surface area (Å²) < 4.78 is 29.2. The van der Waals surface area contributed by atoms with E-state index in [1.165, 1.54) is 4.31 Å². The van der Waals surface area contributed by atoms with Crippen molar-refractivity contribution in [3.8, 4) is 0 Å². The highest BCUT2D eigenvalue weighted by Gasteiger charge is 2.32. The molecular weight excluding hydrogens is 330 g/mol. The van der Waals surface area contributed by atoms with E-state index in [4.69, 9.17) is 0 Å². The minimum atomic E-state index is -3.63. The number of hydrogen-bond acceptors (Lipinski definition) is 5. The Morgan fingerprint density at radius 2 is 1.96 bits per heavy atom. The van der Waals surface area contributed by atoms with Crippen molar-refractivity contribution in [1.82, 2.24) is 19.1 Å². The number of likely N-dealkylation sites (N-methyl/N-ethyl adjacent to an activating group) is 1. The zero-order chi connectivity index (χ0) is 17.1. The van der Waals surface area contributed by atoms with Gasteiger partial charge >= 0.3 is 0 Å². The normalized spacial score (nSPS) is 17.9. The van der Waals surface area contributed by atoms with Crippen LogP contribution in [0.2, 0.25) is 0 Å². The molecule has 0 atom stereocenters. The molecule has 8 nitrogen and oxygen atoms in total. The third-order valence-corrected chi connectivity index (χ3v) is 6.51. The maximum absolute atomic E-state index is 12.9. The zero-order valence-corrected chi connectivity index (χ0v) is 14.2. The van der Waals surface area contributed by atoms with Gasteiger partial charge in [-0.15, -0.1) is 10.2 Å². The van der Waals surface area contributed by atoms with Gasteiger partial charge in [-0.3, -0.25) is 4.79 Å². The van der Waals surface area contributed by atoms with Crippen molar-refractivity contribution in [2.75, 3.05) is 18.5 Å². The molecule has 2 aliphatic heterocycles. The van der Waals surface area contributed by atoms with Crippen LogP contribution in [-0.2, 0) is 34.3 Å². The molecule has 0 aliphatic carbocycles. The molecule has 0 bridgehead atoms. The van der Waals surface area contributed by atoms with Gasteiger partial charge in [-0.05, 0) is 30.7 Å². The van der Waals surface area contributed by atoms with Gasteiger partial charge in [0.15, 0.2) is 0 Å². The molecule has 0 spiro atoms. The van der Waals surface area contributed by atoms with Crippen molar-refractivity contribution in [2.24, 2.45) is 0 Å². The van der Waals surface area contributed by atoms with Gasteiger partial charge in [-0.2, -0.15) is 4.31 Å². The van der Waals surface area contributed by atoms with Gasteiger partial charge in [0.2, 0.25) is 15.9 Å². The minimum absolute atomic E-state index is 0.0268. The molecule has 0 saturated heterocycles. The number of benzene rings is 1. The summed E-state index contributed by atoms with van der Waals surface area (Å²) in [6, 6.07) is 4.87. The fourth-order valence-corrected chi connectivity index (χ4v) is 4.68. The van der Waals surface area contributed by atoms with Crippen LogP contribution in [0.15, 0.2) is 23.1 Å². The van der Waals surface area contributed by atoms with Crippen LogP contribution in [0.3, 0.4) is 0 Å². The highest BCUT2D eigenvalue weighted by molar-refractivity contribution is 7.89. The quantitative estimate of drug-likeness (QED) is 0.780. The Balaban J connectivity index is 1.67. The molecule has 2 aliphatic rings. The second kappa shape index (κ2) is 5.12. The van der Waals surface area contributed by atoms with E-state index in [2.05, 4.69) is 10.2 Å². The molecule has 1 aromatic heterocycles. The third kappa shape index (κ3) is 2.15. The second-order valence-electron chi connectivity index (χ2n) is 6.07. The van der Waals surface area contributed by atoms with Crippen molar-refractivity contribution < 1.29 is 13.2 Å². The Labute approximate surface area is 139 Å². The Kier molecular flexibility index (Phi) is 3.26. The fraction of sp³-hybridized carbons (Fsp3) is 0.400. The van der Waals surface area contributed by atoms with Gasteiger partial charge in [0.1, 0.15) is 11.6 Å². The van der Waals surface area contributed by atoms with E-state index < -0.39 is 10.0 Å². The molecule has 0 N–H and O–H groups in total. The number of fused-ring (bicyclic) bond motifs is 2. The van der Waals surface area contributed by atoms with Gasteiger partial charge in [0.05, 0.1) is 17.9 Å². The van der Waals surface area contributed by atoms with Crippen molar-refractivity contribution in [3.63, 3.8) is 0 Å². The summed E-state index contributed by atoms with van der Waals surface area (Å²) in [6.45, 7) is 2.98. The smallest absolute Gasteiger partial charge is 0.243 e. The van der Waals surface area contributed by atoms with Crippen LogP contribution in [0.1, 0.15) is 17.2 Å². The number of anilines is 1. The first-order chi connectivity index (χ1) is 11.4. The van der Waals surface area contributed by atoms with E-state index in [1.54, 1.807) is 30.1 Å². The summed E-state index contributed by atoms with van der Waals surface area (Å²) in [5, 5.41) is 8.05. The lowest BCUT2D eigenvalue weighted by Gasteiger charge is -2.27. The van der Waals surface area contributed by atoms with Crippen LogP contribution in [0.25, 0.3) is 0 Å². The average Bonchev–Trinajstić information content (AvgIpc) is 3.07. The molecule has 0 saturated carbocycles. The van der Waals surface area contributed by atoms with Gasteiger partial charge in [0.25, 0.3) is 0 Å². The summed E-state index contributed by atoms with van der Waals surface area (Å²) in [5.41, 5.74) is 1.52. The first-order valence-corrected chi connectivity index (χ1v) is 9.10. The van der Waals surface area contributed by atoms with Crippen molar-refractivity contribution in [3.05, 3.63) is 35.4 Å². The maximum Gasteiger partial charge on any atom is 0.243 e. The monoisotopic (exact) mass is 347 g/mol. The Morgan fingerprint density at radius 3 is 2.75 bits per heavy atom. The third-order valence-electron chi connectivity index (χ3n) is 4.67. The molecule has 126 valence electrons. The number of carbonyl (C=O) groups excluding carboxylic acids is 1. The van der Waals surface area contributed by atoms with Crippen molar-refractivity contribution in [1.29, 1.82) is 0 Å². The predicted molar refractivity (Wildman–Crippen MR) is 85.9 cm³/mol. The molecule has 24 heavy (non-hydrogen) atoms. The largest absolute Gasteiger partial charge is 0.315 e. The van der Waals surface area contributed by atoms with Gasteiger partial charge < -0.3 is 9.47 Å². The second-order valence-corrected chi connectivity index (χ2v) is 8.01. The topological polar surface area (TPSA) is 88.4 Å². The number of amides is 1. The number of aromatic nitrogens is 3. The minimum Gasteiger partial charge on any atom is -0.315 e. The molecule has 1 amide bonds. The van der Waals surface area contributed by atoms with Crippen LogP contribution < -0.4 is 4.90 Å². The number of sulfonamides is 1. The lowest BCUT2D eigenvalue weighted by Crippen LogP contribution is -2.38. The molecule has 2 aromatic rings. The molecule has 0 radical (unpaired) electrons. The highest BCUT2D eigenvalue weighted by Crippen LogP contribution is 2.31. The zero-order valence-electron chi connectivity index (χ0n) is 13.4. The number of hydrogen-bond donors (Lipinski definition) is 0. The number of nitrogens with zero attached hydrogens (tertiary/aromatic N) is 5. The lowest BCUT2D eigenvalue weighted by molar-refractivity contribution is -0.117. The molecule has 4 rings (SSSR count). The SMILES string of the molecule is Cc1nnc2n1CCN(S(=O)(=O)c1ccc3c(c1)CC(=O)N3C)C2. The standard InChI is InChI=1S/C15H17N5O3S/c1-10-16-17-14-9-19(5-6-20(10)14)24(22,23)12-3-4-13-11(7-12)8-15(21)18(13)2/h3-4,7H,5-6,8-9H2,1-2H3. The van der Waals surface area contributed by atoms with E-state index >= 15 is 0 Å². The number of aryl methyl sites for hydroxylation is 1. The number of rotatable bonds is 2. The van der Waals surface area contributed by atoms with Crippen LogP contribution in [-0.4, -0.2) is 47.0 Å². The van der Waals surface area contributed by atoms with Gasteiger partial charge in [-0.1, -0.05) is 0 Å². The molecule has 9 heteroatoms. The Bertz CT molecular complexity index is 950. The van der Waals surface area contributed by atoms with E-state index in [1.807, 2.05) is 11.5 Å². The Morgan fingerprint density at radius 1 is 1.17 bits per heavy atom. The van der Waals surface area contributed by atoms with E-state index in [9.17, 15) is 13.2 Å². The van der Waals surface area contributed by atoms with E-state index in [-0.39, 0.29) is 23.8 Å². The van der Waals surface area contributed by atoms with E-state index in [0.29, 0.717) is 18.9 Å². The van der Waals surface area contributed by atoms with Crippen LogP contribution in [0, 0.1) is 6.92 Å². The average molecular weight is 347 g/mol. The fourth-order valence-electron chi connectivity index (χ4n) is 3.24. The summed E-state index contributed by atoms with van der Waals surface area (Å²) in [7, 11) is -1.93. The van der Waals surface area contributed by atoms with Gasteiger partial charge in [0, 0.05) is 25.8 Å². The van der Waals surface area contributed by atoms with Crippen LogP contribution >= 0.6 is 0 Å². The molecular formula is C15H17N5O3S. The summed E-state index contributed by atoms with van der Waals surface area (Å²) in [5.74, 6) is 1.42. The van der Waals surface area contributed by atoms with Gasteiger partial charge in [-0.25, -0.2) is 8.42 Å². The highest BCUT2D eigenvalue weighted by atomic mass is 32.2. The summed E-state index contributed by atoms with van der Waals surface area (Å²) >= 11 is 0. The first-order valence-electron chi connectivity index (χ1n) is 7.66. The summed E-state index contributed by atoms with van der Waals surface area (Å²) in [6.07, 6.45) is 0.239. The molecule has 0 unspecified atom stereocenters. The molecule has 0 fully saturated rings.